The molecule has 8 heteroatoms. The minimum absolute atomic E-state index is 0.232. The molecule has 6 nitrogen and oxygen atoms in total. The Labute approximate surface area is 171 Å². The van der Waals surface area contributed by atoms with Gasteiger partial charge in [-0.05, 0) is 42.8 Å². The Morgan fingerprint density at radius 2 is 1.89 bits per heavy atom. The molecule has 3 rings (SSSR count). The average molecular weight is 416 g/mol. The van der Waals surface area contributed by atoms with E-state index in [-0.39, 0.29) is 10.9 Å². The molecule has 0 atom stereocenters. The summed E-state index contributed by atoms with van der Waals surface area (Å²) in [5.41, 5.74) is 1.51. The number of halogens is 1. The molecule has 0 aliphatic rings. The molecule has 0 fully saturated rings. The number of carbonyl (C=O) groups is 1. The van der Waals surface area contributed by atoms with Crippen LogP contribution >= 0.6 is 22.9 Å². The van der Waals surface area contributed by atoms with Gasteiger partial charge in [0.2, 0.25) is 5.01 Å². The number of aromatic nitrogens is 2. The number of methoxy groups -OCH3 is 1. The SMILES string of the molecule is CCOc1cc(/C=C(\Cl)c2nnc(C(=O)Nc3ccccc3)s2)ccc1OC. The Kier molecular flexibility index (Phi) is 6.62. The van der Waals surface area contributed by atoms with Crippen molar-refractivity contribution in [1.82, 2.24) is 10.2 Å². The van der Waals surface area contributed by atoms with Crippen molar-refractivity contribution in [2.75, 3.05) is 19.0 Å². The van der Waals surface area contributed by atoms with E-state index in [0.29, 0.717) is 33.8 Å². The smallest absolute Gasteiger partial charge is 0.286 e. The van der Waals surface area contributed by atoms with Crippen LogP contribution in [0.25, 0.3) is 11.1 Å². The van der Waals surface area contributed by atoms with Crippen molar-refractivity contribution in [1.29, 1.82) is 0 Å². The van der Waals surface area contributed by atoms with Gasteiger partial charge in [0.15, 0.2) is 16.5 Å². The molecule has 0 saturated carbocycles. The maximum Gasteiger partial charge on any atom is 0.286 e. The van der Waals surface area contributed by atoms with Crippen molar-refractivity contribution < 1.29 is 14.3 Å². The van der Waals surface area contributed by atoms with Gasteiger partial charge >= 0.3 is 0 Å². The van der Waals surface area contributed by atoms with Crippen molar-refractivity contribution >= 4 is 45.6 Å². The number of hydrogen-bond donors (Lipinski definition) is 1. The molecule has 0 bridgehead atoms. The number of para-hydroxylation sites is 1. The number of anilines is 1. The topological polar surface area (TPSA) is 73.3 Å². The number of benzene rings is 2. The average Bonchev–Trinajstić information content (AvgIpc) is 3.20. The highest BCUT2D eigenvalue weighted by Gasteiger charge is 2.15. The zero-order valence-electron chi connectivity index (χ0n) is 15.3. The molecule has 0 unspecified atom stereocenters. The van der Waals surface area contributed by atoms with Crippen LogP contribution in [0.15, 0.2) is 48.5 Å². The van der Waals surface area contributed by atoms with E-state index in [1.165, 1.54) is 0 Å². The number of hydrogen-bond acceptors (Lipinski definition) is 6. The highest BCUT2D eigenvalue weighted by atomic mass is 35.5. The number of carbonyl (C=O) groups excluding carboxylic acids is 1. The third-order valence-electron chi connectivity index (χ3n) is 3.64. The van der Waals surface area contributed by atoms with Gasteiger partial charge in [-0.1, -0.05) is 47.2 Å². The zero-order valence-corrected chi connectivity index (χ0v) is 16.9. The Balaban J connectivity index is 1.77. The molecular weight excluding hydrogens is 398 g/mol. The van der Waals surface area contributed by atoms with Gasteiger partial charge in [0.05, 0.1) is 18.7 Å². The van der Waals surface area contributed by atoms with Gasteiger partial charge in [-0.15, -0.1) is 10.2 Å². The molecular formula is C20H18ClN3O3S. The van der Waals surface area contributed by atoms with Crippen LogP contribution in [-0.4, -0.2) is 29.8 Å². The fourth-order valence-corrected chi connectivity index (χ4v) is 3.30. The van der Waals surface area contributed by atoms with E-state index in [1.807, 2.05) is 37.3 Å². The molecule has 0 aliphatic carbocycles. The Morgan fingerprint density at radius 3 is 2.61 bits per heavy atom. The van der Waals surface area contributed by atoms with E-state index in [1.54, 1.807) is 31.4 Å². The quantitative estimate of drug-likeness (QED) is 0.592. The summed E-state index contributed by atoms with van der Waals surface area (Å²) in [5.74, 6) is 0.941. The molecule has 0 aliphatic heterocycles. The Bertz CT molecular complexity index is 989. The molecule has 0 spiro atoms. The first-order chi connectivity index (χ1) is 13.6. The zero-order chi connectivity index (χ0) is 19.9. The van der Waals surface area contributed by atoms with E-state index in [0.717, 1.165) is 16.9 Å². The molecule has 1 heterocycles. The third-order valence-corrected chi connectivity index (χ3v) is 4.99. The molecule has 0 saturated heterocycles. The predicted octanol–water partition coefficient (Wildman–Crippen LogP) is 4.93. The van der Waals surface area contributed by atoms with E-state index < -0.39 is 0 Å². The standard InChI is InChI=1S/C20H18ClN3O3S/c1-3-27-17-12-13(9-10-16(17)26-2)11-15(21)19-23-24-20(28-19)18(25)22-14-7-5-4-6-8-14/h4-12H,3H2,1-2H3,(H,22,25)/b15-11-. The number of ether oxygens (including phenoxy) is 2. The second kappa shape index (κ2) is 9.34. The van der Waals surface area contributed by atoms with Crippen molar-refractivity contribution in [3.8, 4) is 11.5 Å². The van der Waals surface area contributed by atoms with Crippen LogP contribution in [0.5, 0.6) is 11.5 Å². The Morgan fingerprint density at radius 1 is 1.14 bits per heavy atom. The summed E-state index contributed by atoms with van der Waals surface area (Å²) in [6, 6.07) is 14.6. The maximum absolute atomic E-state index is 12.3. The number of nitrogens with one attached hydrogen (secondary N) is 1. The van der Waals surface area contributed by atoms with E-state index in [4.69, 9.17) is 21.1 Å². The lowest BCUT2D eigenvalue weighted by Crippen LogP contribution is -2.11. The van der Waals surface area contributed by atoms with Crippen LogP contribution in [-0.2, 0) is 0 Å². The van der Waals surface area contributed by atoms with Gasteiger partial charge in [0, 0.05) is 5.69 Å². The number of rotatable bonds is 7. The van der Waals surface area contributed by atoms with Crippen LogP contribution < -0.4 is 14.8 Å². The molecule has 1 N–H and O–H groups in total. The lowest BCUT2D eigenvalue weighted by atomic mass is 10.2. The fraction of sp³-hybridized carbons (Fsp3) is 0.150. The fourth-order valence-electron chi connectivity index (χ4n) is 2.38. The van der Waals surface area contributed by atoms with Gasteiger partial charge in [0.1, 0.15) is 0 Å². The third kappa shape index (κ3) is 4.88. The first-order valence-corrected chi connectivity index (χ1v) is 9.68. The largest absolute Gasteiger partial charge is 0.493 e. The Hall–Kier alpha value is -2.90. The van der Waals surface area contributed by atoms with Crippen LogP contribution in [0.3, 0.4) is 0 Å². The van der Waals surface area contributed by atoms with Crippen molar-refractivity contribution in [3.05, 3.63) is 64.1 Å². The van der Waals surface area contributed by atoms with Crippen molar-refractivity contribution in [2.24, 2.45) is 0 Å². The van der Waals surface area contributed by atoms with Crippen LogP contribution in [0.4, 0.5) is 5.69 Å². The summed E-state index contributed by atoms with van der Waals surface area (Å²) in [5, 5.41) is 11.8. The van der Waals surface area contributed by atoms with E-state index >= 15 is 0 Å². The number of nitrogens with zero attached hydrogens (tertiary/aromatic N) is 2. The van der Waals surface area contributed by atoms with Crippen molar-refractivity contribution in [3.63, 3.8) is 0 Å². The molecule has 0 radical (unpaired) electrons. The lowest BCUT2D eigenvalue weighted by Gasteiger charge is -2.09. The minimum Gasteiger partial charge on any atom is -0.493 e. The lowest BCUT2D eigenvalue weighted by molar-refractivity contribution is 0.102. The summed E-state index contributed by atoms with van der Waals surface area (Å²) in [7, 11) is 1.59. The molecule has 3 aromatic rings. The van der Waals surface area contributed by atoms with Gasteiger partial charge in [-0.2, -0.15) is 0 Å². The van der Waals surface area contributed by atoms with Gasteiger partial charge in [-0.25, -0.2) is 0 Å². The highest BCUT2D eigenvalue weighted by Crippen LogP contribution is 2.31. The maximum atomic E-state index is 12.3. The molecule has 2 aromatic carbocycles. The second-order valence-electron chi connectivity index (χ2n) is 5.57. The van der Waals surface area contributed by atoms with Crippen LogP contribution in [0.2, 0.25) is 0 Å². The predicted molar refractivity (Wildman–Crippen MR) is 112 cm³/mol. The number of amides is 1. The van der Waals surface area contributed by atoms with Gasteiger partial charge in [-0.3, -0.25) is 4.79 Å². The van der Waals surface area contributed by atoms with Crippen LogP contribution in [0.1, 0.15) is 27.3 Å². The highest BCUT2D eigenvalue weighted by molar-refractivity contribution is 7.15. The van der Waals surface area contributed by atoms with Gasteiger partial charge < -0.3 is 14.8 Å². The molecule has 1 aromatic heterocycles. The van der Waals surface area contributed by atoms with Gasteiger partial charge in [0.25, 0.3) is 5.91 Å². The van der Waals surface area contributed by atoms with Crippen LogP contribution in [0, 0.1) is 0 Å². The summed E-state index contributed by atoms with van der Waals surface area (Å²) < 4.78 is 10.8. The molecule has 1 amide bonds. The first-order valence-electron chi connectivity index (χ1n) is 8.49. The monoisotopic (exact) mass is 415 g/mol. The molecule has 144 valence electrons. The van der Waals surface area contributed by atoms with E-state index in [9.17, 15) is 4.79 Å². The summed E-state index contributed by atoms with van der Waals surface area (Å²) in [4.78, 5) is 12.3. The molecule has 28 heavy (non-hydrogen) atoms. The summed E-state index contributed by atoms with van der Waals surface area (Å²) in [6.07, 6.45) is 1.74. The van der Waals surface area contributed by atoms with Crippen molar-refractivity contribution in [2.45, 2.75) is 6.92 Å². The first kappa shape index (κ1) is 19.9. The normalized spacial score (nSPS) is 11.2. The minimum atomic E-state index is -0.331. The summed E-state index contributed by atoms with van der Waals surface area (Å²) in [6.45, 7) is 2.42. The summed E-state index contributed by atoms with van der Waals surface area (Å²) >= 11 is 7.51. The second-order valence-corrected chi connectivity index (χ2v) is 6.95. The van der Waals surface area contributed by atoms with E-state index in [2.05, 4.69) is 15.5 Å².